The Balaban J connectivity index is 1.48. The Kier molecular flexibility index (Phi) is 8.01. The number of nitrogens with one attached hydrogen (secondary N) is 3. The topological polar surface area (TPSA) is 121 Å². The highest BCUT2D eigenvalue weighted by Crippen LogP contribution is 2.25. The molecule has 0 heterocycles. The minimum absolute atomic E-state index is 0.0178. The molecule has 0 atom stereocenters. The third kappa shape index (κ3) is 6.78. The molecule has 39 heavy (non-hydrogen) atoms. The van der Waals surface area contributed by atoms with Crippen molar-refractivity contribution in [1.82, 2.24) is 0 Å². The zero-order chi connectivity index (χ0) is 28.4. The summed E-state index contributed by atoms with van der Waals surface area (Å²) in [4.78, 5) is 13.0. The number of benzene rings is 4. The van der Waals surface area contributed by atoms with E-state index in [1.54, 1.807) is 24.3 Å². The van der Waals surface area contributed by atoms with Gasteiger partial charge in [-0.1, -0.05) is 35.4 Å². The van der Waals surface area contributed by atoms with Crippen molar-refractivity contribution in [3.05, 3.63) is 112 Å². The van der Waals surface area contributed by atoms with Crippen molar-refractivity contribution in [2.24, 2.45) is 0 Å². The van der Waals surface area contributed by atoms with Gasteiger partial charge in [-0.05, 0) is 98.6 Å². The Hall–Kier alpha value is -3.86. The van der Waals surface area contributed by atoms with Crippen LogP contribution in [0.2, 0.25) is 5.02 Å². The Morgan fingerprint density at radius 1 is 0.615 bits per heavy atom. The van der Waals surface area contributed by atoms with Gasteiger partial charge >= 0.3 is 0 Å². The maximum absolute atomic E-state index is 12.9. The Labute approximate surface area is 233 Å². The van der Waals surface area contributed by atoms with Crippen LogP contribution in [0.3, 0.4) is 0 Å². The molecular weight excluding hydrogens is 558 g/mol. The monoisotopic (exact) mass is 583 g/mol. The summed E-state index contributed by atoms with van der Waals surface area (Å²) in [6, 6.07) is 21.4. The van der Waals surface area contributed by atoms with Crippen LogP contribution in [0.25, 0.3) is 0 Å². The number of hydrogen-bond acceptors (Lipinski definition) is 5. The molecule has 0 bridgehead atoms. The third-order valence-electron chi connectivity index (χ3n) is 5.98. The van der Waals surface area contributed by atoms with Gasteiger partial charge in [0.2, 0.25) is 0 Å². The largest absolute Gasteiger partial charge is 0.322 e. The van der Waals surface area contributed by atoms with Crippen molar-refractivity contribution in [3.8, 4) is 0 Å². The van der Waals surface area contributed by atoms with Gasteiger partial charge in [-0.15, -0.1) is 0 Å². The Morgan fingerprint density at radius 2 is 1.10 bits per heavy atom. The fourth-order valence-corrected chi connectivity index (χ4v) is 5.93. The Morgan fingerprint density at radius 3 is 1.67 bits per heavy atom. The van der Waals surface area contributed by atoms with Crippen molar-refractivity contribution in [1.29, 1.82) is 0 Å². The van der Waals surface area contributed by atoms with Gasteiger partial charge in [-0.3, -0.25) is 14.2 Å². The molecule has 4 aromatic rings. The number of anilines is 3. The van der Waals surface area contributed by atoms with Crippen LogP contribution >= 0.6 is 11.6 Å². The molecule has 11 heteroatoms. The number of aryl methyl sites for hydroxylation is 3. The molecule has 0 saturated carbocycles. The van der Waals surface area contributed by atoms with Gasteiger partial charge in [0.25, 0.3) is 26.0 Å². The van der Waals surface area contributed by atoms with E-state index in [1.165, 1.54) is 54.6 Å². The predicted octanol–water partition coefficient (Wildman–Crippen LogP) is 6.12. The van der Waals surface area contributed by atoms with Crippen LogP contribution in [0, 0.1) is 20.8 Å². The van der Waals surface area contributed by atoms with Crippen LogP contribution in [0.5, 0.6) is 0 Å². The summed E-state index contributed by atoms with van der Waals surface area (Å²) in [7, 11) is -7.72. The molecule has 0 radical (unpaired) electrons. The number of amides is 1. The second kappa shape index (κ2) is 11.1. The zero-order valence-electron chi connectivity index (χ0n) is 21.3. The average Bonchev–Trinajstić information content (AvgIpc) is 2.87. The van der Waals surface area contributed by atoms with Crippen LogP contribution in [-0.2, 0) is 20.0 Å². The zero-order valence-corrected chi connectivity index (χ0v) is 23.7. The lowest BCUT2D eigenvalue weighted by Gasteiger charge is -2.12. The van der Waals surface area contributed by atoms with Crippen LogP contribution in [0.1, 0.15) is 27.0 Å². The first-order valence-electron chi connectivity index (χ1n) is 11.7. The summed E-state index contributed by atoms with van der Waals surface area (Å²) in [5.41, 5.74) is 3.89. The van der Waals surface area contributed by atoms with Crippen LogP contribution in [-0.4, -0.2) is 22.7 Å². The third-order valence-corrected chi connectivity index (χ3v) is 9.10. The number of hydrogen-bond donors (Lipinski definition) is 3. The van der Waals surface area contributed by atoms with Gasteiger partial charge in [-0.25, -0.2) is 16.8 Å². The van der Waals surface area contributed by atoms with Crippen LogP contribution < -0.4 is 14.8 Å². The molecule has 4 aromatic carbocycles. The highest BCUT2D eigenvalue weighted by molar-refractivity contribution is 7.93. The van der Waals surface area contributed by atoms with Crippen molar-refractivity contribution >= 4 is 54.6 Å². The van der Waals surface area contributed by atoms with E-state index in [9.17, 15) is 21.6 Å². The molecule has 1 amide bonds. The molecule has 4 rings (SSSR count). The molecule has 0 fully saturated rings. The summed E-state index contributed by atoms with van der Waals surface area (Å²) in [5.74, 6) is -0.597. The maximum atomic E-state index is 12.9. The lowest BCUT2D eigenvalue weighted by Crippen LogP contribution is -2.16. The van der Waals surface area contributed by atoms with Crippen LogP contribution in [0.15, 0.2) is 94.7 Å². The van der Waals surface area contributed by atoms with E-state index in [4.69, 9.17) is 11.6 Å². The molecule has 202 valence electrons. The van der Waals surface area contributed by atoms with E-state index in [-0.39, 0.29) is 26.1 Å². The van der Waals surface area contributed by atoms with E-state index >= 15 is 0 Å². The van der Waals surface area contributed by atoms with Gasteiger partial charge in [0, 0.05) is 17.1 Å². The highest BCUT2D eigenvalue weighted by Gasteiger charge is 2.18. The first kappa shape index (κ1) is 28.2. The summed E-state index contributed by atoms with van der Waals surface area (Å²) in [6.45, 7) is 5.68. The molecule has 0 aromatic heterocycles. The molecule has 0 aliphatic heterocycles. The van der Waals surface area contributed by atoms with E-state index in [0.29, 0.717) is 11.4 Å². The number of sulfonamides is 2. The molecule has 0 aliphatic rings. The number of halogens is 1. The van der Waals surface area contributed by atoms with Crippen molar-refractivity contribution < 1.29 is 21.6 Å². The molecule has 0 saturated heterocycles. The summed E-state index contributed by atoms with van der Waals surface area (Å²) >= 11 is 6.22. The minimum Gasteiger partial charge on any atom is -0.322 e. The molecule has 0 spiro atoms. The first-order valence-corrected chi connectivity index (χ1v) is 15.1. The van der Waals surface area contributed by atoms with Gasteiger partial charge in [-0.2, -0.15) is 0 Å². The molecule has 8 nitrogen and oxygen atoms in total. The van der Waals surface area contributed by atoms with Gasteiger partial charge in [0.05, 0.1) is 20.4 Å². The fourth-order valence-electron chi connectivity index (χ4n) is 3.63. The second-order valence-electron chi connectivity index (χ2n) is 9.00. The van der Waals surface area contributed by atoms with Crippen molar-refractivity contribution in [3.63, 3.8) is 0 Å². The van der Waals surface area contributed by atoms with E-state index in [0.717, 1.165) is 16.7 Å². The van der Waals surface area contributed by atoms with Gasteiger partial charge in [0.15, 0.2) is 0 Å². The molecular formula is C28H26ClN3O5S2. The molecule has 0 unspecified atom stereocenters. The fraction of sp³-hybridized carbons (Fsp3) is 0.107. The first-order chi connectivity index (χ1) is 18.3. The second-order valence-corrected chi connectivity index (χ2v) is 12.8. The molecule has 0 aliphatic carbocycles. The number of carbonyl (C=O) groups is 1. The van der Waals surface area contributed by atoms with E-state index in [1.807, 2.05) is 26.8 Å². The highest BCUT2D eigenvalue weighted by atomic mass is 35.5. The summed E-state index contributed by atoms with van der Waals surface area (Å²) < 4.78 is 56.1. The quantitative estimate of drug-likeness (QED) is 0.231. The van der Waals surface area contributed by atoms with E-state index < -0.39 is 26.0 Å². The van der Waals surface area contributed by atoms with Gasteiger partial charge < -0.3 is 5.32 Å². The normalized spacial score (nSPS) is 11.6. The van der Waals surface area contributed by atoms with Gasteiger partial charge in [0.1, 0.15) is 0 Å². The summed E-state index contributed by atoms with van der Waals surface area (Å²) in [5, 5.41) is 2.77. The number of rotatable bonds is 8. The predicted molar refractivity (Wildman–Crippen MR) is 155 cm³/mol. The Bertz CT molecular complexity index is 1750. The van der Waals surface area contributed by atoms with Crippen molar-refractivity contribution in [2.45, 2.75) is 30.6 Å². The molecule has 3 N–H and O–H groups in total. The van der Waals surface area contributed by atoms with Crippen LogP contribution in [0.4, 0.5) is 17.1 Å². The van der Waals surface area contributed by atoms with E-state index in [2.05, 4.69) is 14.8 Å². The minimum atomic E-state index is -3.88. The average molecular weight is 584 g/mol. The lowest BCUT2D eigenvalue weighted by molar-refractivity contribution is 0.102. The standard InChI is InChI=1S/C28H26ClN3O5S2/c1-18-4-11-24(12-5-18)38(34,35)32-23-10-15-27(29)26(17-23)28(33)30-21-8-13-25(14-9-21)39(36,37)31-22-7-6-19(2)20(3)16-22/h4-17,31-32H,1-3H3,(H,30,33). The van der Waals surface area contributed by atoms with Crippen molar-refractivity contribution in [2.75, 3.05) is 14.8 Å². The smallest absolute Gasteiger partial charge is 0.261 e. The number of carbonyl (C=O) groups excluding carboxylic acids is 1. The maximum Gasteiger partial charge on any atom is 0.261 e. The SMILES string of the molecule is Cc1ccc(S(=O)(=O)Nc2ccc(Cl)c(C(=O)Nc3ccc(S(=O)(=O)Nc4ccc(C)c(C)c4)cc3)c2)cc1. The summed E-state index contributed by atoms with van der Waals surface area (Å²) in [6.07, 6.45) is 0. The lowest BCUT2D eigenvalue weighted by atomic mass is 10.1.